The van der Waals surface area contributed by atoms with Crippen molar-refractivity contribution in [3.8, 4) is 17.2 Å². The lowest BCUT2D eigenvalue weighted by Gasteiger charge is -2.32. The van der Waals surface area contributed by atoms with E-state index in [2.05, 4.69) is 37.6 Å². The molecular formula is C28H31N5O5. The number of aromatic nitrogens is 2. The number of carbonyl (C=O) groups excluding carboxylic acids is 1. The largest absolute Gasteiger partial charge is 0.493 e. The molecule has 2 N–H and O–H groups in total. The number of nitrogens with one attached hydrogen (secondary N) is 2. The molecule has 0 unspecified atom stereocenters. The summed E-state index contributed by atoms with van der Waals surface area (Å²) in [6.07, 6.45) is 4.44. The van der Waals surface area contributed by atoms with Crippen molar-refractivity contribution in [1.29, 1.82) is 0 Å². The van der Waals surface area contributed by atoms with Crippen LogP contribution in [0.25, 0.3) is 11.1 Å². The maximum absolute atomic E-state index is 12.3. The zero-order valence-corrected chi connectivity index (χ0v) is 21.5. The third kappa shape index (κ3) is 6.15. The van der Waals surface area contributed by atoms with Crippen LogP contribution in [0, 0.1) is 0 Å². The van der Waals surface area contributed by atoms with Crippen LogP contribution >= 0.6 is 0 Å². The maximum atomic E-state index is 12.3. The van der Waals surface area contributed by atoms with Gasteiger partial charge in [-0.3, -0.25) is 15.2 Å². The molecule has 10 nitrogen and oxygen atoms in total. The Balaban J connectivity index is 1.16. The Bertz CT molecular complexity index is 1370. The van der Waals surface area contributed by atoms with Gasteiger partial charge in [-0.05, 0) is 61.7 Å². The van der Waals surface area contributed by atoms with E-state index in [1.54, 1.807) is 49.8 Å². The van der Waals surface area contributed by atoms with Gasteiger partial charge in [0.25, 0.3) is 6.01 Å². The Hall–Kier alpha value is -4.31. The summed E-state index contributed by atoms with van der Waals surface area (Å²) in [6, 6.07) is 15.5. The van der Waals surface area contributed by atoms with Crippen molar-refractivity contribution in [2.75, 3.05) is 37.4 Å². The highest BCUT2D eigenvalue weighted by Crippen LogP contribution is 2.31. The Labute approximate surface area is 220 Å². The molecule has 0 spiro atoms. The molecule has 0 atom stereocenters. The minimum atomic E-state index is -0.624. The number of carbonyl (C=O) groups is 1. The van der Waals surface area contributed by atoms with Gasteiger partial charge in [0.1, 0.15) is 0 Å². The van der Waals surface area contributed by atoms with Gasteiger partial charge in [0.15, 0.2) is 28.3 Å². The van der Waals surface area contributed by atoms with Crippen LogP contribution in [0.2, 0.25) is 0 Å². The highest BCUT2D eigenvalue weighted by Gasteiger charge is 2.22. The highest BCUT2D eigenvalue weighted by molar-refractivity contribution is 5.90. The molecule has 5 rings (SSSR count). The normalized spacial score (nSPS) is 14.3. The van der Waals surface area contributed by atoms with Gasteiger partial charge in [-0.25, -0.2) is 4.79 Å². The molecule has 1 aliphatic heterocycles. The van der Waals surface area contributed by atoms with Crippen molar-refractivity contribution in [1.82, 2.24) is 14.9 Å². The lowest BCUT2D eigenvalue weighted by atomic mass is 10.0. The van der Waals surface area contributed by atoms with Gasteiger partial charge < -0.3 is 23.9 Å². The molecule has 1 fully saturated rings. The zero-order chi connectivity index (χ0) is 26.3. The average Bonchev–Trinajstić information content (AvgIpc) is 3.34. The van der Waals surface area contributed by atoms with Crippen LogP contribution in [0.4, 0.5) is 16.5 Å². The van der Waals surface area contributed by atoms with Gasteiger partial charge in [-0.2, -0.15) is 4.98 Å². The number of ether oxygens (including phenoxy) is 3. The Kier molecular flexibility index (Phi) is 7.89. The van der Waals surface area contributed by atoms with Gasteiger partial charge in [0.2, 0.25) is 0 Å². The molecule has 0 bridgehead atoms. The fraction of sp³-hybridized carbons (Fsp3) is 0.321. The van der Waals surface area contributed by atoms with E-state index in [0.29, 0.717) is 35.2 Å². The number of anilines is 2. The van der Waals surface area contributed by atoms with Crippen LogP contribution in [0.15, 0.2) is 65.3 Å². The van der Waals surface area contributed by atoms with Crippen molar-refractivity contribution in [2.45, 2.75) is 32.4 Å². The van der Waals surface area contributed by atoms with E-state index in [4.69, 9.17) is 18.6 Å². The number of fused-ring (bicyclic) bond motifs is 1. The Morgan fingerprint density at radius 1 is 1.11 bits per heavy atom. The van der Waals surface area contributed by atoms with Crippen molar-refractivity contribution in [3.63, 3.8) is 0 Å². The van der Waals surface area contributed by atoms with E-state index in [-0.39, 0.29) is 6.04 Å². The number of amides is 1. The second-order valence-corrected chi connectivity index (χ2v) is 8.99. The van der Waals surface area contributed by atoms with Gasteiger partial charge >= 0.3 is 6.09 Å². The van der Waals surface area contributed by atoms with Crippen LogP contribution < -0.4 is 24.8 Å². The third-order valence-electron chi connectivity index (χ3n) is 6.34. The standard InChI is InChI=1S/C28H31N5O5/c1-3-36-25-16-19(9-10-22(25)35-2)18-33-14-11-20(12-15-33)30-27-32-26-23(37-27)7-4-8-24(26)38-28(34)31-21-6-5-13-29-17-21/h4-10,13,16-17,20H,3,11-12,14-15,18H2,1-2H3,(H,30,32)(H,31,34). The number of piperidine rings is 1. The second-order valence-electron chi connectivity index (χ2n) is 8.99. The summed E-state index contributed by atoms with van der Waals surface area (Å²) in [5, 5.41) is 6.06. The van der Waals surface area contributed by atoms with Crippen LogP contribution in [0.3, 0.4) is 0 Å². The van der Waals surface area contributed by atoms with Crippen molar-refractivity contribution >= 4 is 28.9 Å². The zero-order valence-electron chi connectivity index (χ0n) is 21.5. The summed E-state index contributed by atoms with van der Waals surface area (Å²) < 4.78 is 22.5. The molecule has 1 amide bonds. The smallest absolute Gasteiger partial charge is 0.417 e. The Morgan fingerprint density at radius 2 is 1.97 bits per heavy atom. The van der Waals surface area contributed by atoms with Crippen LogP contribution in [-0.4, -0.2) is 53.8 Å². The molecule has 1 saturated heterocycles. The SMILES string of the molecule is CCOc1cc(CN2CCC(Nc3nc4c(OC(=O)Nc5cccnc5)cccc4o3)CC2)ccc1OC. The number of benzene rings is 2. The molecule has 3 heterocycles. The first kappa shape index (κ1) is 25.3. The van der Waals surface area contributed by atoms with Gasteiger partial charge in [0, 0.05) is 31.9 Å². The van der Waals surface area contributed by atoms with Crippen LogP contribution in [0.1, 0.15) is 25.3 Å². The average molecular weight is 518 g/mol. The second kappa shape index (κ2) is 11.8. The van der Waals surface area contributed by atoms with Crippen LogP contribution in [-0.2, 0) is 6.54 Å². The molecule has 2 aromatic carbocycles. The number of likely N-dealkylation sites (tertiary alicyclic amines) is 1. The third-order valence-corrected chi connectivity index (χ3v) is 6.34. The van der Waals surface area contributed by atoms with E-state index in [1.165, 1.54) is 5.56 Å². The number of rotatable bonds is 9. The molecule has 4 aromatic rings. The highest BCUT2D eigenvalue weighted by atomic mass is 16.6. The first-order valence-corrected chi connectivity index (χ1v) is 12.7. The quantitative estimate of drug-likeness (QED) is 0.305. The fourth-order valence-corrected chi connectivity index (χ4v) is 4.50. The van der Waals surface area contributed by atoms with Gasteiger partial charge in [-0.15, -0.1) is 0 Å². The molecule has 10 heteroatoms. The number of pyridine rings is 1. The number of methoxy groups -OCH3 is 1. The molecule has 0 aliphatic carbocycles. The summed E-state index contributed by atoms with van der Waals surface area (Å²) in [5.74, 6) is 1.85. The molecule has 1 aliphatic rings. The number of hydrogen-bond acceptors (Lipinski definition) is 9. The van der Waals surface area contributed by atoms with E-state index in [1.807, 2.05) is 13.0 Å². The van der Waals surface area contributed by atoms with Crippen LogP contribution in [0.5, 0.6) is 17.2 Å². The lowest BCUT2D eigenvalue weighted by molar-refractivity contribution is 0.210. The Morgan fingerprint density at radius 3 is 2.74 bits per heavy atom. The van der Waals surface area contributed by atoms with E-state index in [0.717, 1.165) is 44.0 Å². The topological polar surface area (TPSA) is 111 Å². The number of hydrogen-bond donors (Lipinski definition) is 2. The summed E-state index contributed by atoms with van der Waals surface area (Å²) in [7, 11) is 1.65. The number of oxazole rings is 1. The fourth-order valence-electron chi connectivity index (χ4n) is 4.50. The van der Waals surface area contributed by atoms with Crippen molar-refractivity contribution in [2.24, 2.45) is 0 Å². The van der Waals surface area contributed by atoms with E-state index >= 15 is 0 Å². The molecule has 38 heavy (non-hydrogen) atoms. The summed E-state index contributed by atoms with van der Waals surface area (Å²) in [4.78, 5) is 23.3. The molecule has 0 radical (unpaired) electrons. The molecule has 2 aromatic heterocycles. The molecule has 198 valence electrons. The number of nitrogens with zero attached hydrogens (tertiary/aromatic N) is 3. The van der Waals surface area contributed by atoms with Gasteiger partial charge in [0.05, 0.1) is 25.6 Å². The van der Waals surface area contributed by atoms with E-state index < -0.39 is 6.09 Å². The monoisotopic (exact) mass is 517 g/mol. The first-order valence-electron chi connectivity index (χ1n) is 12.7. The predicted octanol–water partition coefficient (Wildman–Crippen LogP) is 5.32. The predicted molar refractivity (Wildman–Crippen MR) is 144 cm³/mol. The van der Waals surface area contributed by atoms with Crippen molar-refractivity contribution in [3.05, 3.63) is 66.5 Å². The number of para-hydroxylation sites is 1. The summed E-state index contributed by atoms with van der Waals surface area (Å²) in [6.45, 7) is 5.29. The lowest BCUT2D eigenvalue weighted by Crippen LogP contribution is -2.38. The maximum Gasteiger partial charge on any atom is 0.417 e. The molecule has 0 saturated carbocycles. The minimum absolute atomic E-state index is 0.229. The van der Waals surface area contributed by atoms with E-state index in [9.17, 15) is 4.79 Å². The molecular weight excluding hydrogens is 486 g/mol. The minimum Gasteiger partial charge on any atom is -0.493 e. The summed E-state index contributed by atoms with van der Waals surface area (Å²) >= 11 is 0. The van der Waals surface area contributed by atoms with Crippen molar-refractivity contribution < 1.29 is 23.4 Å². The van der Waals surface area contributed by atoms with Gasteiger partial charge in [-0.1, -0.05) is 12.1 Å². The first-order chi connectivity index (χ1) is 18.6. The summed E-state index contributed by atoms with van der Waals surface area (Å²) in [5.41, 5.74) is 2.76.